The lowest BCUT2D eigenvalue weighted by Gasteiger charge is -2.19. The van der Waals surface area contributed by atoms with Crippen molar-refractivity contribution in [3.63, 3.8) is 0 Å². The van der Waals surface area contributed by atoms with Crippen LogP contribution in [0.25, 0.3) is 0 Å². The summed E-state index contributed by atoms with van der Waals surface area (Å²) in [5.74, 6) is -0.299. The first-order valence-corrected chi connectivity index (χ1v) is 4.07. The number of nitrogens with one attached hydrogen (secondary N) is 1. The summed E-state index contributed by atoms with van der Waals surface area (Å²) in [6.45, 7) is 5.62. The quantitative estimate of drug-likeness (QED) is 0.536. The lowest BCUT2D eigenvalue weighted by Crippen LogP contribution is -2.41. The van der Waals surface area contributed by atoms with Gasteiger partial charge in [-0.1, -0.05) is 6.92 Å². The first kappa shape index (κ1) is 11.4. The Labute approximate surface area is 73.1 Å². The van der Waals surface area contributed by atoms with Crippen LogP contribution in [0.1, 0.15) is 20.8 Å². The molecule has 0 bridgehead atoms. The van der Waals surface area contributed by atoms with Crippen molar-refractivity contribution in [1.29, 1.82) is 0 Å². The van der Waals surface area contributed by atoms with Crippen LogP contribution in [0.3, 0.4) is 0 Å². The van der Waals surface area contributed by atoms with E-state index in [1.54, 1.807) is 20.8 Å². The minimum absolute atomic E-state index is 0.111. The number of hydrogen-bond acceptors (Lipinski definition) is 3. The molecule has 4 N–H and O–H groups in total. The van der Waals surface area contributed by atoms with Crippen LogP contribution in [0.2, 0.25) is 0 Å². The highest BCUT2D eigenvalue weighted by molar-refractivity contribution is 5.78. The summed E-state index contributed by atoms with van der Waals surface area (Å²) in [6.07, 6.45) is 0. The van der Waals surface area contributed by atoms with Crippen LogP contribution in [0.5, 0.6) is 0 Å². The first-order chi connectivity index (χ1) is 5.37. The molecule has 1 atom stereocenters. The third kappa shape index (κ3) is 5.09. The van der Waals surface area contributed by atoms with Gasteiger partial charge in [0.1, 0.15) is 0 Å². The summed E-state index contributed by atoms with van der Waals surface area (Å²) < 4.78 is 0. The summed E-state index contributed by atoms with van der Waals surface area (Å²) in [6, 6.07) is 0. The van der Waals surface area contributed by atoms with Gasteiger partial charge in [0.15, 0.2) is 0 Å². The smallest absolute Gasteiger partial charge is 0.224 e. The zero-order chi connectivity index (χ0) is 9.78. The van der Waals surface area contributed by atoms with E-state index < -0.39 is 5.60 Å². The first-order valence-electron chi connectivity index (χ1n) is 4.07. The van der Waals surface area contributed by atoms with Gasteiger partial charge < -0.3 is 16.2 Å². The average molecular weight is 174 g/mol. The fourth-order valence-corrected chi connectivity index (χ4v) is 0.585. The van der Waals surface area contributed by atoms with E-state index in [9.17, 15) is 9.90 Å². The van der Waals surface area contributed by atoms with Gasteiger partial charge in [0.25, 0.3) is 0 Å². The fourth-order valence-electron chi connectivity index (χ4n) is 0.585. The molecule has 0 spiro atoms. The summed E-state index contributed by atoms with van der Waals surface area (Å²) in [4.78, 5) is 11.1. The molecule has 0 aromatic rings. The number of hydrogen-bond donors (Lipinski definition) is 3. The molecule has 0 rings (SSSR count). The highest BCUT2D eigenvalue weighted by Crippen LogP contribution is 1.98. The van der Waals surface area contributed by atoms with Gasteiger partial charge in [-0.15, -0.1) is 0 Å². The molecule has 0 heterocycles. The highest BCUT2D eigenvalue weighted by atomic mass is 16.3. The van der Waals surface area contributed by atoms with Crippen molar-refractivity contribution in [1.82, 2.24) is 5.32 Å². The number of amides is 1. The summed E-state index contributed by atoms with van der Waals surface area (Å²) >= 11 is 0. The lowest BCUT2D eigenvalue weighted by molar-refractivity contribution is -0.125. The molecule has 0 aromatic heterocycles. The van der Waals surface area contributed by atoms with E-state index in [0.29, 0.717) is 6.54 Å². The molecule has 4 nitrogen and oxygen atoms in total. The van der Waals surface area contributed by atoms with Gasteiger partial charge in [0.05, 0.1) is 5.60 Å². The molecule has 72 valence electrons. The second-order valence-electron chi connectivity index (χ2n) is 3.67. The van der Waals surface area contributed by atoms with Crippen LogP contribution >= 0.6 is 0 Å². The van der Waals surface area contributed by atoms with Gasteiger partial charge in [-0.3, -0.25) is 4.79 Å². The third-order valence-corrected chi connectivity index (χ3v) is 1.50. The molecule has 0 aromatic carbocycles. The van der Waals surface area contributed by atoms with Crippen molar-refractivity contribution in [3.8, 4) is 0 Å². The molecule has 12 heavy (non-hydrogen) atoms. The number of nitrogens with two attached hydrogens (primary N) is 1. The number of rotatable bonds is 4. The number of aliphatic hydroxyl groups is 1. The average Bonchev–Trinajstić information content (AvgIpc) is 1.97. The Balaban J connectivity index is 3.72. The molecule has 0 aliphatic heterocycles. The Kier molecular flexibility index (Phi) is 4.20. The summed E-state index contributed by atoms with van der Waals surface area (Å²) in [5.41, 5.74) is 4.43. The predicted molar refractivity (Wildman–Crippen MR) is 47.5 cm³/mol. The summed E-state index contributed by atoms with van der Waals surface area (Å²) in [5, 5.41) is 11.9. The predicted octanol–water partition coefficient (Wildman–Crippen LogP) is -0.532. The van der Waals surface area contributed by atoms with E-state index in [-0.39, 0.29) is 18.4 Å². The van der Waals surface area contributed by atoms with Gasteiger partial charge in [-0.2, -0.15) is 0 Å². The van der Waals surface area contributed by atoms with Gasteiger partial charge in [0, 0.05) is 19.0 Å². The summed E-state index contributed by atoms with van der Waals surface area (Å²) in [7, 11) is 0. The maximum atomic E-state index is 11.1. The number of carbonyl (C=O) groups is 1. The van der Waals surface area contributed by atoms with Gasteiger partial charge in [-0.05, 0) is 13.8 Å². The van der Waals surface area contributed by atoms with E-state index >= 15 is 0 Å². The highest BCUT2D eigenvalue weighted by Gasteiger charge is 2.16. The second-order valence-corrected chi connectivity index (χ2v) is 3.67. The topological polar surface area (TPSA) is 75.4 Å². The van der Waals surface area contributed by atoms with Crippen LogP contribution < -0.4 is 11.1 Å². The molecular formula is C8H18N2O2. The Hall–Kier alpha value is -0.610. The molecule has 1 unspecified atom stereocenters. The standard InChI is InChI=1S/C8H18N2O2/c1-6(4-9)7(11)10-5-8(2,3)12/h6,12H,4-5,9H2,1-3H3,(H,10,11). The van der Waals surface area contributed by atoms with E-state index in [4.69, 9.17) is 5.73 Å². The third-order valence-electron chi connectivity index (χ3n) is 1.50. The van der Waals surface area contributed by atoms with Gasteiger partial charge in [-0.25, -0.2) is 0 Å². The Morgan fingerprint density at radius 1 is 1.67 bits per heavy atom. The molecule has 0 fully saturated rings. The molecule has 0 saturated carbocycles. The molecule has 0 radical (unpaired) electrons. The van der Waals surface area contributed by atoms with E-state index in [1.807, 2.05) is 0 Å². The Morgan fingerprint density at radius 2 is 2.17 bits per heavy atom. The molecule has 0 aliphatic rings. The zero-order valence-corrected chi connectivity index (χ0v) is 7.92. The molecular weight excluding hydrogens is 156 g/mol. The monoisotopic (exact) mass is 174 g/mol. The van der Waals surface area contributed by atoms with Crippen molar-refractivity contribution in [2.45, 2.75) is 26.4 Å². The van der Waals surface area contributed by atoms with E-state index in [1.165, 1.54) is 0 Å². The molecule has 1 amide bonds. The van der Waals surface area contributed by atoms with Crippen molar-refractivity contribution in [3.05, 3.63) is 0 Å². The van der Waals surface area contributed by atoms with Crippen molar-refractivity contribution < 1.29 is 9.90 Å². The van der Waals surface area contributed by atoms with Crippen LogP contribution in [-0.4, -0.2) is 29.7 Å². The normalized spacial score (nSPS) is 14.1. The SMILES string of the molecule is CC(CN)C(=O)NCC(C)(C)O. The lowest BCUT2D eigenvalue weighted by atomic mass is 10.1. The van der Waals surface area contributed by atoms with Crippen LogP contribution in [0.4, 0.5) is 0 Å². The van der Waals surface area contributed by atoms with Crippen LogP contribution in [0, 0.1) is 5.92 Å². The van der Waals surface area contributed by atoms with Crippen molar-refractivity contribution in [2.75, 3.05) is 13.1 Å². The van der Waals surface area contributed by atoms with Crippen molar-refractivity contribution in [2.24, 2.45) is 11.7 Å². The van der Waals surface area contributed by atoms with Gasteiger partial charge >= 0.3 is 0 Å². The Bertz CT molecular complexity index is 152. The maximum absolute atomic E-state index is 11.1. The number of carbonyl (C=O) groups excluding carboxylic acids is 1. The van der Waals surface area contributed by atoms with Crippen LogP contribution in [0.15, 0.2) is 0 Å². The molecule has 0 aliphatic carbocycles. The molecule has 4 heteroatoms. The Morgan fingerprint density at radius 3 is 2.50 bits per heavy atom. The minimum Gasteiger partial charge on any atom is -0.389 e. The maximum Gasteiger partial charge on any atom is 0.224 e. The molecule has 0 saturated heterocycles. The fraction of sp³-hybridized carbons (Fsp3) is 0.875. The zero-order valence-electron chi connectivity index (χ0n) is 7.92. The van der Waals surface area contributed by atoms with Gasteiger partial charge in [0.2, 0.25) is 5.91 Å². The van der Waals surface area contributed by atoms with E-state index in [2.05, 4.69) is 5.32 Å². The van der Waals surface area contributed by atoms with E-state index in [0.717, 1.165) is 0 Å². The van der Waals surface area contributed by atoms with Crippen molar-refractivity contribution >= 4 is 5.91 Å². The minimum atomic E-state index is -0.857. The largest absolute Gasteiger partial charge is 0.389 e. The van der Waals surface area contributed by atoms with Crippen LogP contribution in [-0.2, 0) is 4.79 Å². The second kappa shape index (κ2) is 4.42.